The molecule has 1 aromatic heterocycles. The highest BCUT2D eigenvalue weighted by Gasteiger charge is 2.04. The Morgan fingerprint density at radius 1 is 1.32 bits per heavy atom. The average molecular weight is 320 g/mol. The molecule has 98 valence electrons. The monoisotopic (exact) mass is 319 g/mol. The third-order valence-electron chi connectivity index (χ3n) is 2.36. The Kier molecular flexibility index (Phi) is 4.92. The molecule has 2 rings (SSSR count). The smallest absolute Gasteiger partial charge is 0.233 e. The van der Waals surface area contributed by atoms with Crippen molar-refractivity contribution < 1.29 is 4.74 Å². The molecule has 0 saturated carbocycles. The molecule has 2 aromatic rings. The summed E-state index contributed by atoms with van der Waals surface area (Å²) in [6.07, 6.45) is 5.62. The molecule has 0 atom stereocenters. The quantitative estimate of drug-likeness (QED) is 0.917. The minimum atomic E-state index is 0.452. The number of nitrogens with one attached hydrogen (secondary N) is 1. The van der Waals surface area contributed by atoms with E-state index in [9.17, 15) is 0 Å². The second-order valence-corrected chi connectivity index (χ2v) is 4.58. The molecule has 1 heterocycles. The Hall–Kier alpha value is -1.88. The molecule has 0 amide bonds. The topological polar surface area (TPSA) is 47.0 Å². The number of aromatic nitrogens is 2. The highest BCUT2D eigenvalue weighted by atomic mass is 79.9. The van der Waals surface area contributed by atoms with Crippen molar-refractivity contribution in [1.82, 2.24) is 9.97 Å². The lowest BCUT2D eigenvalue weighted by atomic mass is 10.2. The van der Waals surface area contributed by atoms with Crippen molar-refractivity contribution in [2.45, 2.75) is 0 Å². The maximum Gasteiger partial charge on any atom is 0.233 e. The van der Waals surface area contributed by atoms with E-state index in [1.54, 1.807) is 13.2 Å². The summed E-state index contributed by atoms with van der Waals surface area (Å²) in [5.74, 6) is 1.06. The van der Waals surface area contributed by atoms with Crippen LogP contribution in [0, 0.1) is 0 Å². The van der Waals surface area contributed by atoms with E-state index >= 15 is 0 Å². The van der Waals surface area contributed by atoms with Crippen molar-refractivity contribution in [2.75, 3.05) is 19.0 Å². The molecule has 0 unspecified atom stereocenters. The van der Waals surface area contributed by atoms with E-state index in [0.717, 1.165) is 10.0 Å². The van der Waals surface area contributed by atoms with E-state index in [4.69, 9.17) is 4.74 Å². The lowest BCUT2D eigenvalue weighted by Gasteiger charge is -2.06. The number of anilines is 1. The fourth-order valence-corrected chi connectivity index (χ4v) is 1.75. The summed E-state index contributed by atoms with van der Waals surface area (Å²) >= 11 is 3.35. The first-order valence-electron chi connectivity index (χ1n) is 5.84. The molecule has 5 heteroatoms. The number of rotatable bonds is 5. The fourth-order valence-electron chi connectivity index (χ4n) is 1.45. The van der Waals surface area contributed by atoms with Gasteiger partial charge in [0, 0.05) is 7.05 Å². The summed E-state index contributed by atoms with van der Waals surface area (Å²) in [5.41, 5.74) is 1.14. The van der Waals surface area contributed by atoms with Crippen LogP contribution in [0.2, 0.25) is 0 Å². The van der Waals surface area contributed by atoms with Crippen molar-refractivity contribution in [2.24, 2.45) is 0 Å². The van der Waals surface area contributed by atoms with Crippen LogP contribution in [-0.2, 0) is 0 Å². The molecule has 0 aliphatic carbocycles. The maximum atomic E-state index is 5.58. The molecule has 1 N–H and O–H groups in total. The SMILES string of the molecule is CNc1ncc(Br)c(OC/C=C/c2ccccc2)n1. The van der Waals surface area contributed by atoms with E-state index in [0.29, 0.717) is 18.4 Å². The fraction of sp³-hybridized carbons (Fsp3) is 0.143. The zero-order valence-corrected chi connectivity index (χ0v) is 12.1. The van der Waals surface area contributed by atoms with Crippen molar-refractivity contribution in [3.05, 3.63) is 52.6 Å². The third kappa shape index (κ3) is 4.06. The molecule has 0 aliphatic heterocycles. The normalized spacial score (nSPS) is 10.6. The summed E-state index contributed by atoms with van der Waals surface area (Å²) in [4.78, 5) is 8.28. The predicted molar refractivity (Wildman–Crippen MR) is 80.2 cm³/mol. The third-order valence-corrected chi connectivity index (χ3v) is 2.91. The van der Waals surface area contributed by atoms with Gasteiger partial charge in [0.15, 0.2) is 0 Å². The lowest BCUT2D eigenvalue weighted by molar-refractivity contribution is 0.346. The van der Waals surface area contributed by atoms with Crippen LogP contribution >= 0.6 is 15.9 Å². The summed E-state index contributed by atoms with van der Waals surface area (Å²) in [7, 11) is 1.77. The Balaban J connectivity index is 1.94. The van der Waals surface area contributed by atoms with Gasteiger partial charge in [-0.2, -0.15) is 4.98 Å². The molecule has 19 heavy (non-hydrogen) atoms. The van der Waals surface area contributed by atoms with Gasteiger partial charge in [-0.15, -0.1) is 0 Å². The number of halogens is 1. The summed E-state index contributed by atoms with van der Waals surface area (Å²) < 4.78 is 6.31. The van der Waals surface area contributed by atoms with Gasteiger partial charge in [0.1, 0.15) is 6.61 Å². The second kappa shape index (κ2) is 6.89. The average Bonchev–Trinajstić information content (AvgIpc) is 2.46. The molecule has 0 bridgehead atoms. The predicted octanol–water partition coefficient (Wildman–Crippen LogP) is 3.37. The number of benzene rings is 1. The molecule has 1 aromatic carbocycles. The Labute approximate surface area is 120 Å². The van der Waals surface area contributed by atoms with Gasteiger partial charge in [-0.05, 0) is 27.6 Å². The standard InChI is InChI=1S/C14H14BrN3O/c1-16-14-17-10-12(15)13(18-14)19-9-5-8-11-6-3-2-4-7-11/h2-8,10H,9H2,1H3,(H,16,17,18)/b8-5+. The van der Waals surface area contributed by atoms with Crippen molar-refractivity contribution in [1.29, 1.82) is 0 Å². The van der Waals surface area contributed by atoms with Crippen LogP contribution in [0.5, 0.6) is 5.88 Å². The molecule has 4 nitrogen and oxygen atoms in total. The van der Waals surface area contributed by atoms with Gasteiger partial charge in [0.05, 0.1) is 10.7 Å². The van der Waals surface area contributed by atoms with Crippen LogP contribution in [0.3, 0.4) is 0 Å². The Bertz CT molecular complexity index is 558. The lowest BCUT2D eigenvalue weighted by Crippen LogP contribution is -2.01. The van der Waals surface area contributed by atoms with Crippen molar-refractivity contribution >= 4 is 28.0 Å². The van der Waals surface area contributed by atoms with Crippen LogP contribution in [0.4, 0.5) is 5.95 Å². The minimum Gasteiger partial charge on any atom is -0.473 e. The molecule has 0 radical (unpaired) electrons. The molecule has 0 saturated heterocycles. The van der Waals surface area contributed by atoms with Crippen LogP contribution in [0.25, 0.3) is 6.08 Å². The van der Waals surface area contributed by atoms with Crippen molar-refractivity contribution in [3.8, 4) is 5.88 Å². The van der Waals surface area contributed by atoms with Gasteiger partial charge < -0.3 is 10.1 Å². The van der Waals surface area contributed by atoms with E-state index in [-0.39, 0.29) is 0 Å². The number of ether oxygens (including phenoxy) is 1. The largest absolute Gasteiger partial charge is 0.473 e. The summed E-state index contributed by atoms with van der Waals surface area (Å²) in [5, 5.41) is 2.87. The molecular formula is C14H14BrN3O. The Morgan fingerprint density at radius 3 is 2.84 bits per heavy atom. The van der Waals surface area contributed by atoms with Gasteiger partial charge in [0.25, 0.3) is 0 Å². The van der Waals surface area contributed by atoms with Gasteiger partial charge >= 0.3 is 0 Å². The first-order chi connectivity index (χ1) is 9.29. The van der Waals surface area contributed by atoms with Crippen LogP contribution < -0.4 is 10.1 Å². The van der Waals surface area contributed by atoms with E-state index in [1.807, 2.05) is 42.5 Å². The van der Waals surface area contributed by atoms with Gasteiger partial charge in [0.2, 0.25) is 11.8 Å². The molecular weight excluding hydrogens is 306 g/mol. The molecule has 0 aliphatic rings. The zero-order chi connectivity index (χ0) is 13.5. The van der Waals surface area contributed by atoms with Gasteiger partial charge in [-0.25, -0.2) is 4.98 Å². The van der Waals surface area contributed by atoms with Gasteiger partial charge in [-0.3, -0.25) is 0 Å². The minimum absolute atomic E-state index is 0.452. The number of nitrogens with zero attached hydrogens (tertiary/aromatic N) is 2. The summed E-state index contributed by atoms with van der Waals surface area (Å²) in [6, 6.07) is 10.1. The van der Waals surface area contributed by atoms with E-state index < -0.39 is 0 Å². The van der Waals surface area contributed by atoms with Gasteiger partial charge in [-0.1, -0.05) is 36.4 Å². The van der Waals surface area contributed by atoms with Crippen LogP contribution in [-0.4, -0.2) is 23.6 Å². The molecule has 0 spiro atoms. The van der Waals surface area contributed by atoms with E-state index in [1.165, 1.54) is 0 Å². The number of hydrogen-bond acceptors (Lipinski definition) is 4. The summed E-state index contributed by atoms with van der Waals surface area (Å²) in [6.45, 7) is 0.452. The zero-order valence-electron chi connectivity index (χ0n) is 10.5. The second-order valence-electron chi connectivity index (χ2n) is 3.72. The highest BCUT2D eigenvalue weighted by Crippen LogP contribution is 2.22. The molecule has 0 fully saturated rings. The van der Waals surface area contributed by atoms with Crippen LogP contribution in [0.1, 0.15) is 5.56 Å². The number of hydrogen-bond donors (Lipinski definition) is 1. The first-order valence-corrected chi connectivity index (χ1v) is 6.63. The van der Waals surface area contributed by atoms with Crippen molar-refractivity contribution in [3.63, 3.8) is 0 Å². The van der Waals surface area contributed by atoms with E-state index in [2.05, 4.69) is 31.2 Å². The Morgan fingerprint density at radius 2 is 2.11 bits per heavy atom. The first kappa shape index (κ1) is 13.5. The maximum absolute atomic E-state index is 5.58. The highest BCUT2D eigenvalue weighted by molar-refractivity contribution is 9.10. The van der Waals surface area contributed by atoms with Crippen LogP contribution in [0.15, 0.2) is 47.1 Å².